The molecule has 92 valence electrons. The summed E-state index contributed by atoms with van der Waals surface area (Å²) >= 11 is 0. The Morgan fingerprint density at radius 1 is 1.53 bits per heavy atom. The summed E-state index contributed by atoms with van der Waals surface area (Å²) in [6.07, 6.45) is 5.38. The highest BCUT2D eigenvalue weighted by Gasteiger charge is 2.33. The van der Waals surface area contributed by atoms with Gasteiger partial charge in [0.2, 0.25) is 5.91 Å². The SMILES string of the molecule is Cn1ccc(CC(=O)N2CCCC2C(=O)O)c1. The zero-order valence-electron chi connectivity index (χ0n) is 9.80. The third-order valence-corrected chi connectivity index (χ3v) is 3.11. The van der Waals surface area contributed by atoms with Crippen LogP contribution in [0, 0.1) is 0 Å². The lowest BCUT2D eigenvalue weighted by atomic mass is 10.2. The molecule has 1 amide bonds. The first-order valence-electron chi connectivity index (χ1n) is 5.71. The Kier molecular flexibility index (Phi) is 3.17. The van der Waals surface area contributed by atoms with E-state index in [1.165, 1.54) is 4.90 Å². The number of carboxylic acid groups (broad SMARTS) is 1. The highest BCUT2D eigenvalue weighted by molar-refractivity contribution is 5.85. The number of amides is 1. The fourth-order valence-electron chi connectivity index (χ4n) is 2.26. The predicted molar refractivity (Wildman–Crippen MR) is 61.5 cm³/mol. The Bertz CT molecular complexity index is 439. The number of aryl methyl sites for hydroxylation is 1. The van der Waals surface area contributed by atoms with Crippen molar-refractivity contribution in [3.8, 4) is 0 Å². The Balaban J connectivity index is 2.02. The first-order chi connectivity index (χ1) is 8.08. The standard InChI is InChI=1S/C12H16N2O3/c1-13-6-4-9(8-13)7-11(15)14-5-2-3-10(14)12(16)17/h4,6,8,10H,2-3,5,7H2,1H3,(H,16,17). The average molecular weight is 236 g/mol. The van der Waals surface area contributed by atoms with Crippen molar-refractivity contribution in [1.82, 2.24) is 9.47 Å². The average Bonchev–Trinajstić information content (AvgIpc) is 2.86. The second kappa shape index (κ2) is 4.61. The maximum Gasteiger partial charge on any atom is 0.326 e. The molecule has 2 heterocycles. The molecule has 1 aliphatic heterocycles. The second-order valence-electron chi connectivity index (χ2n) is 4.45. The van der Waals surface area contributed by atoms with Gasteiger partial charge in [-0.3, -0.25) is 4.79 Å². The van der Waals surface area contributed by atoms with Crippen LogP contribution in [-0.2, 0) is 23.1 Å². The van der Waals surface area contributed by atoms with Crippen LogP contribution in [0.15, 0.2) is 18.5 Å². The van der Waals surface area contributed by atoms with Crippen LogP contribution in [0.3, 0.4) is 0 Å². The molecule has 5 heteroatoms. The largest absolute Gasteiger partial charge is 0.480 e. The molecule has 1 aromatic heterocycles. The molecule has 1 aromatic rings. The zero-order chi connectivity index (χ0) is 12.4. The van der Waals surface area contributed by atoms with Crippen LogP contribution in [0.5, 0.6) is 0 Å². The molecule has 5 nitrogen and oxygen atoms in total. The molecule has 0 bridgehead atoms. The highest BCUT2D eigenvalue weighted by atomic mass is 16.4. The van der Waals surface area contributed by atoms with Gasteiger partial charge in [0.05, 0.1) is 6.42 Å². The van der Waals surface area contributed by atoms with Gasteiger partial charge in [0.1, 0.15) is 6.04 Å². The third-order valence-electron chi connectivity index (χ3n) is 3.11. The summed E-state index contributed by atoms with van der Waals surface area (Å²) in [7, 11) is 1.89. The minimum atomic E-state index is -0.899. The van der Waals surface area contributed by atoms with Crippen LogP contribution in [-0.4, -0.2) is 39.0 Å². The van der Waals surface area contributed by atoms with Gasteiger partial charge in [0, 0.05) is 26.0 Å². The molecule has 1 atom stereocenters. The van der Waals surface area contributed by atoms with Gasteiger partial charge in [-0.25, -0.2) is 4.79 Å². The molecule has 0 aromatic carbocycles. The molecule has 0 radical (unpaired) electrons. The minimum Gasteiger partial charge on any atom is -0.480 e. The van der Waals surface area contributed by atoms with Crippen molar-refractivity contribution in [2.45, 2.75) is 25.3 Å². The fraction of sp³-hybridized carbons (Fsp3) is 0.500. The number of rotatable bonds is 3. The van der Waals surface area contributed by atoms with Crippen molar-refractivity contribution in [3.63, 3.8) is 0 Å². The Morgan fingerprint density at radius 3 is 2.88 bits per heavy atom. The van der Waals surface area contributed by atoms with E-state index in [2.05, 4.69) is 0 Å². The maximum absolute atomic E-state index is 12.0. The second-order valence-corrected chi connectivity index (χ2v) is 4.45. The van der Waals surface area contributed by atoms with Crippen molar-refractivity contribution in [2.24, 2.45) is 7.05 Å². The van der Waals surface area contributed by atoms with Crippen LogP contribution in [0.4, 0.5) is 0 Å². The van der Waals surface area contributed by atoms with Gasteiger partial charge < -0.3 is 14.6 Å². The van der Waals surface area contributed by atoms with E-state index in [1.807, 2.05) is 30.1 Å². The molecule has 1 N–H and O–H groups in total. The van der Waals surface area contributed by atoms with Crippen LogP contribution in [0.2, 0.25) is 0 Å². The number of aromatic nitrogens is 1. The number of hydrogen-bond donors (Lipinski definition) is 1. The molecule has 1 unspecified atom stereocenters. The lowest BCUT2D eigenvalue weighted by Gasteiger charge is -2.21. The topological polar surface area (TPSA) is 62.5 Å². The lowest BCUT2D eigenvalue weighted by molar-refractivity contribution is -0.148. The summed E-state index contributed by atoms with van der Waals surface area (Å²) in [5.41, 5.74) is 0.925. The van der Waals surface area contributed by atoms with E-state index in [0.29, 0.717) is 13.0 Å². The molecule has 0 spiro atoms. The van der Waals surface area contributed by atoms with Crippen LogP contribution < -0.4 is 0 Å². The minimum absolute atomic E-state index is 0.0962. The molecule has 0 saturated carbocycles. The summed E-state index contributed by atoms with van der Waals surface area (Å²) in [5.74, 6) is -0.995. The summed E-state index contributed by atoms with van der Waals surface area (Å²) in [5, 5.41) is 9.00. The first kappa shape index (κ1) is 11.7. The van der Waals surface area contributed by atoms with E-state index < -0.39 is 12.0 Å². The molecule has 1 fully saturated rings. The van der Waals surface area contributed by atoms with Crippen molar-refractivity contribution in [3.05, 3.63) is 24.0 Å². The van der Waals surface area contributed by atoms with Crippen LogP contribution >= 0.6 is 0 Å². The number of carbonyl (C=O) groups excluding carboxylic acids is 1. The molecule has 17 heavy (non-hydrogen) atoms. The smallest absolute Gasteiger partial charge is 0.326 e. The first-order valence-corrected chi connectivity index (χ1v) is 5.71. The summed E-state index contributed by atoms with van der Waals surface area (Å²) in [6, 6.07) is 1.25. The van der Waals surface area contributed by atoms with Crippen molar-refractivity contribution < 1.29 is 14.7 Å². The van der Waals surface area contributed by atoms with Crippen LogP contribution in [0.1, 0.15) is 18.4 Å². The van der Waals surface area contributed by atoms with Crippen molar-refractivity contribution >= 4 is 11.9 Å². The Hall–Kier alpha value is -1.78. The highest BCUT2D eigenvalue weighted by Crippen LogP contribution is 2.18. The van der Waals surface area contributed by atoms with Gasteiger partial charge in [-0.2, -0.15) is 0 Å². The molecular formula is C12H16N2O3. The third kappa shape index (κ3) is 2.49. The lowest BCUT2D eigenvalue weighted by Crippen LogP contribution is -2.41. The number of hydrogen-bond acceptors (Lipinski definition) is 2. The van der Waals surface area contributed by atoms with Gasteiger partial charge >= 0.3 is 5.97 Å². The maximum atomic E-state index is 12.0. The van der Waals surface area contributed by atoms with E-state index in [-0.39, 0.29) is 12.3 Å². The molecule has 1 aliphatic rings. The number of carboxylic acids is 1. The number of nitrogens with zero attached hydrogens (tertiary/aromatic N) is 2. The normalized spacial score (nSPS) is 19.6. The van der Waals surface area contributed by atoms with E-state index >= 15 is 0 Å². The van der Waals surface area contributed by atoms with Gasteiger partial charge in [-0.05, 0) is 24.5 Å². The summed E-state index contributed by atoms with van der Waals surface area (Å²) < 4.78 is 1.88. The van der Waals surface area contributed by atoms with Gasteiger partial charge in [0.25, 0.3) is 0 Å². The van der Waals surface area contributed by atoms with E-state index in [4.69, 9.17) is 5.11 Å². The predicted octanol–water partition coefficient (Wildman–Crippen LogP) is 0.643. The van der Waals surface area contributed by atoms with Gasteiger partial charge in [-0.1, -0.05) is 0 Å². The fourth-order valence-corrected chi connectivity index (χ4v) is 2.26. The zero-order valence-corrected chi connectivity index (χ0v) is 9.80. The van der Waals surface area contributed by atoms with E-state index in [1.54, 1.807) is 0 Å². The summed E-state index contributed by atoms with van der Waals surface area (Å²) in [4.78, 5) is 24.4. The molecule has 1 saturated heterocycles. The van der Waals surface area contributed by atoms with E-state index in [0.717, 1.165) is 12.0 Å². The molecule has 0 aliphatic carbocycles. The summed E-state index contributed by atoms with van der Waals surface area (Å²) in [6.45, 7) is 0.558. The quantitative estimate of drug-likeness (QED) is 0.837. The Morgan fingerprint density at radius 2 is 2.29 bits per heavy atom. The van der Waals surface area contributed by atoms with Crippen molar-refractivity contribution in [1.29, 1.82) is 0 Å². The number of likely N-dealkylation sites (tertiary alicyclic amines) is 1. The molecule has 2 rings (SSSR count). The number of aliphatic carboxylic acids is 1. The van der Waals surface area contributed by atoms with Crippen molar-refractivity contribution in [2.75, 3.05) is 6.54 Å². The Labute approximate surface area is 99.6 Å². The number of carbonyl (C=O) groups is 2. The van der Waals surface area contributed by atoms with Gasteiger partial charge in [0.15, 0.2) is 0 Å². The van der Waals surface area contributed by atoms with E-state index in [9.17, 15) is 9.59 Å². The monoisotopic (exact) mass is 236 g/mol. The van der Waals surface area contributed by atoms with Gasteiger partial charge in [-0.15, -0.1) is 0 Å². The molecular weight excluding hydrogens is 220 g/mol. The van der Waals surface area contributed by atoms with Crippen LogP contribution in [0.25, 0.3) is 0 Å².